The summed E-state index contributed by atoms with van der Waals surface area (Å²) >= 11 is 1.21. The molecule has 4 nitrogen and oxygen atoms in total. The maximum atomic E-state index is 8.77. The fraction of sp³-hybridized carbons (Fsp3) is 0.462. The van der Waals surface area contributed by atoms with Crippen LogP contribution >= 0.6 is 11.8 Å². The van der Waals surface area contributed by atoms with Crippen molar-refractivity contribution in [2.45, 2.75) is 12.0 Å². The van der Waals surface area contributed by atoms with Crippen LogP contribution in [0.5, 0.6) is 0 Å². The van der Waals surface area contributed by atoms with Crippen molar-refractivity contribution in [1.29, 1.82) is 5.26 Å². The molecule has 1 atom stereocenters. The van der Waals surface area contributed by atoms with Crippen molar-refractivity contribution in [3.05, 3.63) is 35.9 Å². The lowest BCUT2D eigenvalue weighted by Gasteiger charge is -2.31. The highest BCUT2D eigenvalue weighted by Crippen LogP contribution is 2.31. The summed E-state index contributed by atoms with van der Waals surface area (Å²) in [4.78, 5) is 0. The molecule has 0 amide bonds. The topological polar surface area (TPSA) is 51.5 Å². The molecule has 1 aromatic carbocycles. The lowest BCUT2D eigenvalue weighted by atomic mass is 10.1. The van der Waals surface area contributed by atoms with Crippen LogP contribution in [0.25, 0.3) is 0 Å². The minimum atomic E-state index is -2.74. The second-order valence-electron chi connectivity index (χ2n) is 4.00. The molecule has 0 saturated carbocycles. The zero-order valence-electron chi connectivity index (χ0n) is 11.5. The minimum Gasteiger partial charge on any atom is -0.377 e. The summed E-state index contributed by atoms with van der Waals surface area (Å²) < 4.78 is 16.6. The highest BCUT2D eigenvalue weighted by Gasteiger charge is 2.47. The van der Waals surface area contributed by atoms with E-state index >= 15 is 0 Å². The Morgan fingerprint density at radius 1 is 1.16 bits per heavy atom. The first-order valence-electron chi connectivity index (χ1n) is 5.92. The highest BCUT2D eigenvalue weighted by molar-refractivity contribution is 8.03. The summed E-state index contributed by atoms with van der Waals surface area (Å²) in [5.74, 6) is 0.632. The molecule has 0 N–H and O–H groups in total. The van der Waals surface area contributed by atoms with E-state index in [2.05, 4.69) is 17.5 Å². The van der Waals surface area contributed by atoms with Crippen molar-refractivity contribution in [1.82, 2.24) is 0 Å². The van der Waals surface area contributed by atoms with Crippen LogP contribution in [0, 0.1) is 10.7 Å². The van der Waals surface area contributed by atoms with Crippen LogP contribution in [0.15, 0.2) is 30.3 Å². The van der Waals surface area contributed by atoms with Gasteiger partial charge in [0.05, 0.1) is 0 Å². The number of hydrogen-bond acceptors (Lipinski definition) is 5. The van der Waals surface area contributed by atoms with E-state index < -0.39 is 8.80 Å². The fourth-order valence-electron chi connectivity index (χ4n) is 2.07. The van der Waals surface area contributed by atoms with Crippen molar-refractivity contribution in [3.8, 4) is 5.40 Å². The van der Waals surface area contributed by atoms with Crippen molar-refractivity contribution in [3.63, 3.8) is 0 Å². The zero-order valence-corrected chi connectivity index (χ0v) is 13.3. The molecule has 1 rings (SSSR count). The second-order valence-corrected chi connectivity index (χ2v) is 8.06. The van der Waals surface area contributed by atoms with E-state index in [-0.39, 0.29) is 5.54 Å². The van der Waals surface area contributed by atoms with E-state index in [0.717, 1.165) is 6.42 Å². The van der Waals surface area contributed by atoms with E-state index in [1.165, 1.54) is 17.3 Å². The smallest absolute Gasteiger partial charge is 0.377 e. The molecule has 0 aromatic heterocycles. The van der Waals surface area contributed by atoms with Gasteiger partial charge < -0.3 is 13.3 Å². The van der Waals surface area contributed by atoms with Crippen molar-refractivity contribution in [2.75, 3.05) is 27.1 Å². The van der Waals surface area contributed by atoms with Gasteiger partial charge in [0.25, 0.3) is 0 Å². The molecule has 0 spiro atoms. The quantitative estimate of drug-likeness (QED) is 0.545. The van der Waals surface area contributed by atoms with Crippen LogP contribution in [0.2, 0.25) is 5.54 Å². The third-order valence-electron chi connectivity index (χ3n) is 3.03. The Morgan fingerprint density at radius 2 is 1.74 bits per heavy atom. The van der Waals surface area contributed by atoms with Crippen LogP contribution in [0.4, 0.5) is 0 Å². The number of hydrogen-bond donors (Lipinski definition) is 0. The average Bonchev–Trinajstić information content (AvgIpc) is 2.48. The Hall–Kier alpha value is -0.843. The van der Waals surface area contributed by atoms with Gasteiger partial charge in [0.15, 0.2) is 0 Å². The molecule has 0 aliphatic carbocycles. The van der Waals surface area contributed by atoms with Crippen LogP contribution in [0.3, 0.4) is 0 Å². The van der Waals surface area contributed by atoms with Crippen LogP contribution in [-0.2, 0) is 19.7 Å². The first-order chi connectivity index (χ1) is 9.22. The van der Waals surface area contributed by atoms with E-state index in [9.17, 15) is 0 Å². The molecule has 1 unspecified atom stereocenters. The van der Waals surface area contributed by atoms with E-state index in [0.29, 0.717) is 5.75 Å². The molecule has 0 fully saturated rings. The summed E-state index contributed by atoms with van der Waals surface area (Å²) in [6.45, 7) is 0. The fourth-order valence-corrected chi connectivity index (χ4v) is 5.52. The molecule has 104 valence electrons. The molecule has 0 aliphatic heterocycles. The number of nitrogens with zero attached hydrogens (tertiary/aromatic N) is 1. The lowest BCUT2D eigenvalue weighted by molar-refractivity contribution is 0.113. The van der Waals surface area contributed by atoms with Crippen LogP contribution in [0.1, 0.15) is 5.56 Å². The van der Waals surface area contributed by atoms with E-state index in [1.54, 1.807) is 21.3 Å². The zero-order chi connectivity index (χ0) is 14.1. The summed E-state index contributed by atoms with van der Waals surface area (Å²) in [5, 5.41) is 10.9. The van der Waals surface area contributed by atoms with Crippen molar-refractivity contribution < 1.29 is 13.3 Å². The number of thiocyanates is 1. The molecule has 0 radical (unpaired) electrons. The number of nitriles is 1. The third kappa shape index (κ3) is 4.33. The molecule has 0 bridgehead atoms. The summed E-state index contributed by atoms with van der Waals surface area (Å²) in [6, 6.07) is 10.1. The Bertz CT molecular complexity index is 398. The molecular weight excluding hydrogens is 278 g/mol. The third-order valence-corrected chi connectivity index (χ3v) is 7.14. The molecule has 0 aliphatic rings. The van der Waals surface area contributed by atoms with Gasteiger partial charge in [-0.05, 0) is 23.7 Å². The first-order valence-corrected chi connectivity index (χ1v) is 8.71. The Morgan fingerprint density at radius 3 is 2.21 bits per heavy atom. The van der Waals surface area contributed by atoms with Gasteiger partial charge in [-0.2, -0.15) is 5.26 Å². The Balaban J connectivity index is 2.90. The average molecular weight is 297 g/mol. The maximum Gasteiger partial charge on any atom is 0.504 e. The molecule has 6 heteroatoms. The van der Waals surface area contributed by atoms with Gasteiger partial charge in [-0.15, -0.1) is 0 Å². The predicted octanol–water partition coefficient (Wildman–Crippen LogP) is 2.69. The van der Waals surface area contributed by atoms with E-state index in [1.807, 2.05) is 18.2 Å². The van der Waals surface area contributed by atoms with Gasteiger partial charge in [0, 0.05) is 32.6 Å². The standard InChI is InChI=1S/C13H19NO3SSi/c1-15-19(16-2,17-3)13(10-18-11-14)9-12-7-5-4-6-8-12/h4-8,13H,9-10H2,1-3H3. The number of benzene rings is 1. The van der Waals surface area contributed by atoms with Gasteiger partial charge >= 0.3 is 8.80 Å². The lowest BCUT2D eigenvalue weighted by Crippen LogP contribution is -2.49. The van der Waals surface area contributed by atoms with E-state index in [4.69, 9.17) is 18.5 Å². The van der Waals surface area contributed by atoms with Gasteiger partial charge in [0.1, 0.15) is 5.40 Å². The SMILES string of the molecule is CO[Si](OC)(OC)C(CSC#N)Cc1ccccc1. The molecule has 1 aromatic rings. The second kappa shape index (κ2) is 8.35. The van der Waals surface area contributed by atoms with Crippen LogP contribution < -0.4 is 0 Å². The predicted molar refractivity (Wildman–Crippen MR) is 78.7 cm³/mol. The monoisotopic (exact) mass is 297 g/mol. The number of rotatable bonds is 8. The van der Waals surface area contributed by atoms with Crippen LogP contribution in [-0.4, -0.2) is 35.9 Å². The first kappa shape index (κ1) is 16.2. The van der Waals surface area contributed by atoms with Gasteiger partial charge in [0.2, 0.25) is 0 Å². The maximum absolute atomic E-state index is 8.77. The summed E-state index contributed by atoms with van der Waals surface area (Å²) in [7, 11) is 2.08. The van der Waals surface area contributed by atoms with Crippen molar-refractivity contribution >= 4 is 20.6 Å². The Labute approximate surface area is 120 Å². The normalized spacial score (nSPS) is 12.9. The number of thioether (sulfide) groups is 1. The molecule has 0 saturated heterocycles. The molecule has 0 heterocycles. The Kier molecular flexibility index (Phi) is 7.13. The van der Waals surface area contributed by atoms with Crippen molar-refractivity contribution in [2.24, 2.45) is 0 Å². The van der Waals surface area contributed by atoms with Gasteiger partial charge in [-0.1, -0.05) is 30.3 Å². The highest BCUT2D eigenvalue weighted by atomic mass is 32.2. The van der Waals surface area contributed by atoms with Gasteiger partial charge in [-0.3, -0.25) is 0 Å². The van der Waals surface area contributed by atoms with Gasteiger partial charge in [-0.25, -0.2) is 0 Å². The minimum absolute atomic E-state index is 0.0551. The summed E-state index contributed by atoms with van der Waals surface area (Å²) in [5.41, 5.74) is 1.24. The largest absolute Gasteiger partial charge is 0.504 e. The molecule has 19 heavy (non-hydrogen) atoms. The molecular formula is C13H19NO3SSi. The summed E-state index contributed by atoms with van der Waals surface area (Å²) in [6.07, 6.45) is 0.775.